The van der Waals surface area contributed by atoms with Crippen molar-refractivity contribution in [2.24, 2.45) is 46.4 Å². The summed E-state index contributed by atoms with van der Waals surface area (Å²) in [5.74, 6) is -32.4. The average Bonchev–Trinajstić information content (AvgIpc) is 1.51. The van der Waals surface area contributed by atoms with E-state index in [2.05, 4.69) is 101 Å². The lowest BCUT2D eigenvalue weighted by Gasteiger charge is -2.31. The van der Waals surface area contributed by atoms with Crippen LogP contribution in [0.25, 0.3) is 0 Å². The average molecular weight is 2150 g/mol. The fourth-order valence-corrected chi connectivity index (χ4v) is 15.2. The number of aliphatic hydroxyl groups is 3. The SMILES string of the molecule is CC[C@H](C)[C@H](NC(=O)[C@H](CC(=O)O)NC(=O)CNC(=O)[C@@H](NC(=O)[C@@H](NC(=O)[C@H](C)NC(=O)[C@@H](N)CCC(N)=O)[C@H](C)O)C(C)C)C(=O)N[C@@H](CC(N)=O)C(=O)N[C@H](C(=O)N[C@@H](CCC(=O)O)C(=O)N[C@@H](CCCNC(=N)N)C(=O)N1CCCC1C(=O)NCC(=O)N[C@@H](CCSC)C(=O)N[C@@H](CC(C)C)C(=O)N[C@@H](CC(=O)O)C(=O)N[C@H](Cc1ccccc1)C(=O)N[C@@H](C(=O)NCC(=O)N[C@H](CCCCN)C(=O)O)[C@@H](C)O)[C@H](C)O. The molecule has 1 aliphatic rings. The Morgan fingerprint density at radius 3 is 1.35 bits per heavy atom. The number of nitrogens with one attached hydrogen (secondary N) is 20. The number of unbranched alkanes of at least 4 members (excludes halogenated alkanes) is 1. The van der Waals surface area contributed by atoms with Crippen LogP contribution in [0.2, 0.25) is 0 Å². The van der Waals surface area contributed by atoms with Gasteiger partial charge in [-0.1, -0.05) is 78.3 Å². The van der Waals surface area contributed by atoms with Crippen molar-refractivity contribution in [3.8, 4) is 0 Å². The van der Waals surface area contributed by atoms with Crippen molar-refractivity contribution in [1.29, 1.82) is 5.41 Å². The minimum atomic E-state index is -2.19. The molecule has 21 atom stereocenters. The maximum Gasteiger partial charge on any atom is 0.326 e. The maximum absolute atomic E-state index is 14.9. The minimum absolute atomic E-state index is 0.0112. The zero-order chi connectivity index (χ0) is 114. The number of guanidine groups is 1. The molecule has 0 aliphatic carbocycles. The van der Waals surface area contributed by atoms with Crippen molar-refractivity contribution in [3.63, 3.8) is 0 Å². The van der Waals surface area contributed by atoms with Gasteiger partial charge in [0, 0.05) is 32.4 Å². The number of aliphatic hydroxyl groups excluding tert-OH is 3. The van der Waals surface area contributed by atoms with Gasteiger partial charge in [0.25, 0.3) is 0 Å². The van der Waals surface area contributed by atoms with Gasteiger partial charge in [-0.15, -0.1) is 0 Å². The second-order valence-corrected chi connectivity index (χ2v) is 37.7. The van der Waals surface area contributed by atoms with Crippen molar-refractivity contribution in [2.45, 2.75) is 306 Å². The number of primary amides is 2. The van der Waals surface area contributed by atoms with Crippen LogP contribution in [0.1, 0.15) is 184 Å². The molecule has 0 radical (unpaired) electrons. The number of amides is 21. The quantitative estimate of drug-likeness (QED) is 0.0164. The fourth-order valence-electron chi connectivity index (χ4n) is 14.8. The number of hydrogen-bond donors (Lipinski definition) is 32. The molecule has 0 saturated carbocycles. The number of carboxylic acids is 4. The highest BCUT2D eigenvalue weighted by Gasteiger charge is 2.44. The first-order chi connectivity index (χ1) is 70.3. The van der Waals surface area contributed by atoms with E-state index in [0.29, 0.717) is 18.4 Å². The summed E-state index contributed by atoms with van der Waals surface area (Å²) in [5, 5.41) is 123. The number of rotatable bonds is 71. The highest BCUT2D eigenvalue weighted by atomic mass is 32.2. The van der Waals surface area contributed by atoms with Crippen LogP contribution in [0.5, 0.6) is 0 Å². The smallest absolute Gasteiger partial charge is 0.326 e. The summed E-state index contributed by atoms with van der Waals surface area (Å²) in [6.07, 6.45) is -9.27. The molecule has 37 N–H and O–H groups in total. The molecule has 840 valence electrons. The Balaban J connectivity index is 2.43. The van der Waals surface area contributed by atoms with E-state index < -0.39 is 344 Å². The van der Waals surface area contributed by atoms with Crippen LogP contribution >= 0.6 is 11.8 Å². The van der Waals surface area contributed by atoms with E-state index in [9.17, 15) is 156 Å². The molecule has 1 aliphatic heterocycles. The van der Waals surface area contributed by atoms with Gasteiger partial charge in [0.2, 0.25) is 124 Å². The first-order valence-electron chi connectivity index (χ1n) is 48.5. The van der Waals surface area contributed by atoms with Gasteiger partial charge in [0.1, 0.15) is 96.7 Å². The molecule has 1 heterocycles. The van der Waals surface area contributed by atoms with Crippen molar-refractivity contribution in [1.82, 2.24) is 106 Å². The van der Waals surface area contributed by atoms with E-state index in [4.69, 9.17) is 34.1 Å². The van der Waals surface area contributed by atoms with Gasteiger partial charge >= 0.3 is 23.9 Å². The Morgan fingerprint density at radius 2 is 0.847 bits per heavy atom. The highest BCUT2D eigenvalue weighted by Crippen LogP contribution is 2.22. The standard InChI is InChI=1S/C91H148N26O32S/c1-12-44(6)70(113-82(140)58(37-67(128)129)105-65(125)41-100-84(142)69(43(4)5)112-88(146)73(48(10)120)114-74(132)45(7)102-75(133)50(93)25-27-61(94)121)86(144)111-57(36-62(95)122)81(139)116-72(47(9)119)87(145)106-51(26-28-66(126)127)76(134)107-53(23-18-31-98-91(96)97)89(147)117-32-19-24-60(117)83(141)99-39-63(123)103-52(29-33-150-11)77(135)108-55(34-42(2)3)78(136)110-59(38-68(130)131)79(137)109-56(35-49-20-14-13-15-21-49)80(138)115-71(46(8)118)85(143)101-40-64(124)104-54(90(148)149)22-16-17-30-92/h13-15,20-21,42-48,50-60,69-73,118-120H,12,16-19,22-41,92-93H2,1-11H3,(H2,94,121)(H2,95,122)(H,99,141)(H,100,142)(H,101,143)(H,102,133)(H,103,123)(H,104,124)(H,105,125)(H,106,145)(H,107,134)(H,108,135)(H,109,137)(H,110,136)(H,111,144)(H,112,146)(H,113,140)(H,114,132)(H,115,138)(H,116,139)(H,126,127)(H,128,129)(H,130,131)(H,148,149)(H4,96,97,98)/t44-,45-,46+,47-,48-,50-,51-,52-,53-,54+,55-,56+,57-,58-,59-,60?,69-,70-,71+,72-,73-/m0/s1. The molecule has 1 fully saturated rings. The molecule has 1 unspecified atom stereocenters. The topological polar surface area (TPSA) is 954 Å². The summed E-state index contributed by atoms with van der Waals surface area (Å²) >= 11 is 1.23. The number of hydrogen-bond acceptors (Lipinski definition) is 32. The Kier molecular flexibility index (Phi) is 59.0. The number of nitrogens with zero attached hydrogens (tertiary/aromatic N) is 1. The number of benzene rings is 1. The van der Waals surface area contributed by atoms with E-state index in [1.807, 2.05) is 0 Å². The molecule has 1 saturated heterocycles. The van der Waals surface area contributed by atoms with Crippen LogP contribution in [0.15, 0.2) is 30.3 Å². The van der Waals surface area contributed by atoms with E-state index in [0.717, 1.165) is 25.7 Å². The summed E-state index contributed by atoms with van der Waals surface area (Å²) in [6.45, 7) is 10.8. The van der Waals surface area contributed by atoms with Crippen molar-refractivity contribution in [3.05, 3.63) is 35.9 Å². The Labute approximate surface area is 868 Å². The van der Waals surface area contributed by atoms with E-state index >= 15 is 0 Å². The number of aliphatic carboxylic acids is 4. The number of likely N-dealkylation sites (tertiary alicyclic amines) is 1. The number of carbonyl (C=O) groups is 25. The molecule has 0 aromatic heterocycles. The maximum atomic E-state index is 14.9. The van der Waals surface area contributed by atoms with Gasteiger partial charge in [-0.3, -0.25) is 120 Å². The fraction of sp³-hybridized carbons (Fsp3) is 0.648. The van der Waals surface area contributed by atoms with Crippen LogP contribution < -0.4 is 130 Å². The van der Waals surface area contributed by atoms with Crippen LogP contribution in [-0.2, 0) is 126 Å². The molecule has 2 rings (SSSR count). The zero-order valence-electron chi connectivity index (χ0n) is 85.4. The Bertz CT molecular complexity index is 4850. The number of carboxylic acid groups (broad SMARTS) is 4. The lowest BCUT2D eigenvalue weighted by atomic mass is 9.97. The van der Waals surface area contributed by atoms with E-state index in [1.165, 1.54) is 46.4 Å². The van der Waals surface area contributed by atoms with Crippen molar-refractivity contribution in [2.75, 3.05) is 51.3 Å². The normalized spacial score (nSPS) is 16.1. The molecular weight excluding hydrogens is 2000 g/mol. The molecule has 150 heavy (non-hydrogen) atoms. The van der Waals surface area contributed by atoms with Crippen LogP contribution in [-0.4, -0.2) is 367 Å². The molecular formula is C91H148N26O32S. The van der Waals surface area contributed by atoms with Gasteiger partial charge in [-0.25, -0.2) is 4.79 Å². The predicted molar refractivity (Wildman–Crippen MR) is 532 cm³/mol. The monoisotopic (exact) mass is 2150 g/mol. The number of thioether (sulfide) groups is 1. The number of carbonyl (C=O) groups excluding carboxylic acids is 21. The molecule has 1 aromatic carbocycles. The second-order valence-electron chi connectivity index (χ2n) is 36.7. The predicted octanol–water partition coefficient (Wildman–Crippen LogP) is -11.7. The minimum Gasteiger partial charge on any atom is -0.481 e. The summed E-state index contributed by atoms with van der Waals surface area (Å²) in [6, 6.07) is -21.2. The molecule has 0 spiro atoms. The third kappa shape index (κ3) is 49.0. The Morgan fingerprint density at radius 1 is 0.420 bits per heavy atom. The number of nitrogens with two attached hydrogens (primary N) is 5. The second kappa shape index (κ2) is 67.4. The summed E-state index contributed by atoms with van der Waals surface area (Å²) < 4.78 is 0. The first kappa shape index (κ1) is 131. The third-order valence-corrected chi connectivity index (χ3v) is 23.8. The van der Waals surface area contributed by atoms with Gasteiger partial charge < -0.3 is 170 Å². The third-order valence-electron chi connectivity index (χ3n) is 23.2. The van der Waals surface area contributed by atoms with Gasteiger partial charge in [0.15, 0.2) is 5.96 Å². The lowest BCUT2D eigenvalue weighted by Crippen LogP contribution is -2.62. The van der Waals surface area contributed by atoms with Gasteiger partial charge in [-0.2, -0.15) is 11.8 Å². The van der Waals surface area contributed by atoms with Crippen LogP contribution in [0, 0.1) is 23.2 Å². The summed E-state index contributed by atoms with van der Waals surface area (Å²) in [4.78, 5) is 338. The Hall–Kier alpha value is -14.6. The molecule has 21 amide bonds. The highest BCUT2D eigenvalue weighted by molar-refractivity contribution is 7.98. The largest absolute Gasteiger partial charge is 0.481 e. The lowest BCUT2D eigenvalue weighted by molar-refractivity contribution is -0.143. The van der Waals surface area contributed by atoms with Crippen molar-refractivity contribution >= 4 is 166 Å². The first-order valence-corrected chi connectivity index (χ1v) is 49.9. The van der Waals surface area contributed by atoms with Crippen LogP contribution in [0.4, 0.5) is 0 Å². The zero-order valence-corrected chi connectivity index (χ0v) is 86.2. The summed E-state index contributed by atoms with van der Waals surface area (Å²) in [7, 11) is 0. The van der Waals surface area contributed by atoms with Gasteiger partial charge in [-0.05, 0) is 140 Å². The molecule has 59 heteroatoms. The van der Waals surface area contributed by atoms with E-state index in [1.54, 1.807) is 50.4 Å². The molecule has 58 nitrogen and oxygen atoms in total. The van der Waals surface area contributed by atoms with E-state index in [-0.39, 0.29) is 96.0 Å². The molecule has 0 bridgehead atoms. The summed E-state index contributed by atoms with van der Waals surface area (Å²) in [5.41, 5.74) is 27.8. The van der Waals surface area contributed by atoms with Gasteiger partial charge in [0.05, 0.1) is 63.3 Å². The van der Waals surface area contributed by atoms with Crippen molar-refractivity contribution < 1.29 is 156 Å². The molecule has 1 aromatic rings. The van der Waals surface area contributed by atoms with Crippen LogP contribution in [0.3, 0.4) is 0 Å².